The summed E-state index contributed by atoms with van der Waals surface area (Å²) in [7, 11) is 0. The van der Waals surface area contributed by atoms with E-state index in [2.05, 4.69) is 15.4 Å². The molecule has 3 heterocycles. The van der Waals surface area contributed by atoms with Crippen LogP contribution in [0, 0.1) is 12.7 Å². The Hall–Kier alpha value is -4.11. The highest BCUT2D eigenvalue weighted by molar-refractivity contribution is 6.06. The summed E-state index contributed by atoms with van der Waals surface area (Å²) in [5, 5.41) is 27.7. The van der Waals surface area contributed by atoms with Crippen molar-refractivity contribution in [3.63, 3.8) is 0 Å². The Bertz CT molecular complexity index is 1470. The molecule has 1 aliphatic rings. The van der Waals surface area contributed by atoms with Crippen LogP contribution in [-0.4, -0.2) is 44.9 Å². The Labute approximate surface area is 207 Å². The summed E-state index contributed by atoms with van der Waals surface area (Å²) >= 11 is 0. The summed E-state index contributed by atoms with van der Waals surface area (Å²) < 4.78 is 21.4. The molecule has 5 N–H and O–H groups in total. The molecule has 1 fully saturated rings. The summed E-state index contributed by atoms with van der Waals surface area (Å²) in [4.78, 5) is 4.67. The molecule has 1 aliphatic heterocycles. The van der Waals surface area contributed by atoms with Gasteiger partial charge < -0.3 is 26.0 Å². The zero-order chi connectivity index (χ0) is 25.4. The maximum absolute atomic E-state index is 14.2. The fourth-order valence-corrected chi connectivity index (χ4v) is 4.53. The Balaban J connectivity index is 1.65. The van der Waals surface area contributed by atoms with E-state index >= 15 is 0 Å². The lowest BCUT2D eigenvalue weighted by Gasteiger charge is -2.17. The number of nitrogens with one attached hydrogen (secondary N) is 1. The van der Waals surface area contributed by atoms with E-state index in [0.29, 0.717) is 36.4 Å². The quantitative estimate of drug-likeness (QED) is 0.231. The zero-order valence-electron chi connectivity index (χ0n) is 20.1. The summed E-state index contributed by atoms with van der Waals surface area (Å²) in [6.07, 6.45) is 5.01. The van der Waals surface area contributed by atoms with E-state index in [1.807, 2.05) is 26.1 Å². The molecule has 186 valence electrons. The molecule has 9 heteroatoms. The molecule has 8 nitrogen and oxygen atoms in total. The molecule has 0 amide bonds. The number of benzene rings is 2. The van der Waals surface area contributed by atoms with Gasteiger partial charge >= 0.3 is 0 Å². The van der Waals surface area contributed by atoms with Gasteiger partial charge in [-0.3, -0.25) is 0 Å². The minimum atomic E-state index is -0.682. The number of phenols is 2. The number of rotatable bonds is 6. The van der Waals surface area contributed by atoms with E-state index in [4.69, 9.17) is 10.5 Å². The van der Waals surface area contributed by atoms with Gasteiger partial charge in [0, 0.05) is 18.4 Å². The third kappa shape index (κ3) is 4.45. The molecule has 4 aromatic rings. The normalized spacial score (nSPS) is 16.1. The van der Waals surface area contributed by atoms with Crippen molar-refractivity contribution in [3.8, 4) is 22.6 Å². The van der Waals surface area contributed by atoms with Crippen molar-refractivity contribution in [2.75, 3.05) is 18.5 Å². The number of aromatic nitrogens is 2. The second-order valence-corrected chi connectivity index (χ2v) is 8.98. The van der Waals surface area contributed by atoms with E-state index < -0.39 is 5.82 Å². The Kier molecular flexibility index (Phi) is 6.24. The van der Waals surface area contributed by atoms with Gasteiger partial charge in [-0.2, -0.15) is 5.10 Å². The lowest BCUT2D eigenvalue weighted by atomic mass is 10.0. The average molecular weight is 490 g/mol. The maximum Gasteiger partial charge on any atom is 0.165 e. The fraction of sp³-hybridized carbons (Fsp3) is 0.259. The second-order valence-electron chi connectivity index (χ2n) is 8.98. The van der Waals surface area contributed by atoms with Gasteiger partial charge in [-0.1, -0.05) is 6.92 Å². The van der Waals surface area contributed by atoms with Gasteiger partial charge in [0.1, 0.15) is 11.6 Å². The number of aliphatic imine (C=N–C) groups is 1. The van der Waals surface area contributed by atoms with Crippen LogP contribution in [0.2, 0.25) is 0 Å². The first kappa shape index (κ1) is 23.6. The van der Waals surface area contributed by atoms with Crippen molar-refractivity contribution in [3.05, 3.63) is 71.3 Å². The van der Waals surface area contributed by atoms with E-state index in [0.717, 1.165) is 34.3 Å². The average Bonchev–Trinajstić information content (AvgIpc) is 3.52. The number of fused-ring (bicyclic) bond motifs is 1. The number of nitrogens with zero attached hydrogens (tertiary/aromatic N) is 3. The third-order valence-electron chi connectivity index (χ3n) is 6.48. The first-order chi connectivity index (χ1) is 17.3. The van der Waals surface area contributed by atoms with Gasteiger partial charge in [-0.05, 0) is 72.9 Å². The highest BCUT2D eigenvalue weighted by Gasteiger charge is 2.22. The fourth-order valence-electron chi connectivity index (χ4n) is 4.53. The van der Waals surface area contributed by atoms with Gasteiger partial charge in [-0.25, -0.2) is 13.9 Å². The summed E-state index contributed by atoms with van der Waals surface area (Å²) in [6, 6.07) is 9.75. The topological polar surface area (TPSA) is 117 Å². The standard InChI is InChI=1S/C27H28FN5O3/c1-3-16-9-19(34)4-5-23(16)32-27(29)21-12-30-33-13-17(20-11-22(28)25(35)8-15(20)2)10-24(33)26(21)31-18-6-7-36-14-18/h4-5,8-13,18,31,34-35H,3,6-7,14H2,1-2H3,(H2,29,32)/t18-/m0/s1. The second kappa shape index (κ2) is 9.50. The smallest absolute Gasteiger partial charge is 0.165 e. The van der Waals surface area contributed by atoms with Gasteiger partial charge in [0.25, 0.3) is 0 Å². The summed E-state index contributed by atoms with van der Waals surface area (Å²) in [5.41, 5.74) is 12.4. The van der Waals surface area contributed by atoms with Crippen LogP contribution >= 0.6 is 0 Å². The molecule has 0 saturated carbocycles. The van der Waals surface area contributed by atoms with E-state index in [-0.39, 0.29) is 23.4 Å². The first-order valence-corrected chi connectivity index (χ1v) is 11.9. The molecule has 0 unspecified atom stereocenters. The molecule has 0 aliphatic carbocycles. The van der Waals surface area contributed by atoms with Crippen LogP contribution in [0.5, 0.6) is 11.5 Å². The summed E-state index contributed by atoms with van der Waals surface area (Å²) in [5.74, 6) is -0.606. The number of hydrogen-bond donors (Lipinski definition) is 4. The molecule has 1 saturated heterocycles. The number of phenolic OH excluding ortho intramolecular Hbond substituents is 2. The van der Waals surface area contributed by atoms with Gasteiger partial charge in [0.15, 0.2) is 11.6 Å². The zero-order valence-corrected chi connectivity index (χ0v) is 20.1. The minimum absolute atomic E-state index is 0.0915. The minimum Gasteiger partial charge on any atom is -0.508 e. The summed E-state index contributed by atoms with van der Waals surface area (Å²) in [6.45, 7) is 5.04. The van der Waals surface area contributed by atoms with Crippen LogP contribution in [0.4, 0.5) is 15.8 Å². The van der Waals surface area contributed by atoms with E-state index in [1.165, 1.54) is 12.1 Å². The molecule has 5 rings (SSSR count). The van der Waals surface area contributed by atoms with Crippen molar-refractivity contribution in [1.29, 1.82) is 0 Å². The van der Waals surface area contributed by atoms with Crippen LogP contribution in [0.25, 0.3) is 16.6 Å². The molecule has 2 aromatic heterocycles. The van der Waals surface area contributed by atoms with Gasteiger partial charge in [0.05, 0.1) is 41.3 Å². The van der Waals surface area contributed by atoms with Crippen molar-refractivity contribution in [2.45, 2.75) is 32.7 Å². The van der Waals surface area contributed by atoms with Crippen LogP contribution in [-0.2, 0) is 11.2 Å². The van der Waals surface area contributed by atoms with Crippen LogP contribution in [0.1, 0.15) is 30.0 Å². The predicted molar refractivity (Wildman–Crippen MR) is 138 cm³/mol. The number of anilines is 1. The van der Waals surface area contributed by atoms with Gasteiger partial charge in [-0.15, -0.1) is 0 Å². The van der Waals surface area contributed by atoms with Crippen molar-refractivity contribution >= 4 is 22.7 Å². The molecule has 2 aromatic carbocycles. The lowest BCUT2D eigenvalue weighted by molar-refractivity contribution is 0.195. The van der Waals surface area contributed by atoms with Crippen LogP contribution in [0.15, 0.2) is 53.8 Å². The molecular formula is C27H28FN5O3. The van der Waals surface area contributed by atoms with Crippen LogP contribution < -0.4 is 11.1 Å². The van der Waals surface area contributed by atoms with E-state index in [1.54, 1.807) is 28.9 Å². The lowest BCUT2D eigenvalue weighted by Crippen LogP contribution is -2.24. The van der Waals surface area contributed by atoms with Crippen molar-refractivity contribution < 1.29 is 19.3 Å². The number of hydrogen-bond acceptors (Lipinski definition) is 6. The number of ether oxygens (including phenoxy) is 1. The molecular weight excluding hydrogens is 461 g/mol. The number of halogens is 1. The molecule has 36 heavy (non-hydrogen) atoms. The Morgan fingerprint density at radius 2 is 2.11 bits per heavy atom. The highest BCUT2D eigenvalue weighted by Crippen LogP contribution is 2.34. The molecule has 0 radical (unpaired) electrons. The number of aryl methyl sites for hydroxylation is 2. The monoisotopic (exact) mass is 489 g/mol. The van der Waals surface area contributed by atoms with Gasteiger partial charge in [0.2, 0.25) is 0 Å². The molecule has 1 atom stereocenters. The Morgan fingerprint density at radius 3 is 2.86 bits per heavy atom. The number of amidine groups is 1. The van der Waals surface area contributed by atoms with E-state index in [9.17, 15) is 14.6 Å². The number of aromatic hydroxyl groups is 2. The third-order valence-corrected chi connectivity index (χ3v) is 6.48. The molecule has 0 spiro atoms. The van der Waals surface area contributed by atoms with Crippen molar-refractivity contribution in [1.82, 2.24) is 9.61 Å². The number of nitrogens with two attached hydrogens (primary N) is 1. The first-order valence-electron chi connectivity index (χ1n) is 11.9. The SMILES string of the molecule is CCc1cc(O)ccc1/N=C(\N)c1cnn2cc(-c3cc(F)c(O)cc3C)cc2c1N[C@H]1CCOC1. The van der Waals surface area contributed by atoms with Crippen LogP contribution in [0.3, 0.4) is 0 Å². The predicted octanol–water partition coefficient (Wildman–Crippen LogP) is 4.66. The Morgan fingerprint density at radius 1 is 1.28 bits per heavy atom. The highest BCUT2D eigenvalue weighted by atomic mass is 19.1. The maximum atomic E-state index is 14.2. The largest absolute Gasteiger partial charge is 0.508 e. The van der Waals surface area contributed by atoms with Crippen molar-refractivity contribution in [2.24, 2.45) is 10.7 Å². The molecule has 0 bridgehead atoms.